The van der Waals surface area contributed by atoms with E-state index in [1.807, 2.05) is 0 Å². The first-order valence-corrected chi connectivity index (χ1v) is 3.82. The molecular formula is C6H5BrN2O3. The zero-order valence-electron chi connectivity index (χ0n) is 5.90. The van der Waals surface area contributed by atoms with E-state index in [2.05, 4.69) is 20.9 Å². The van der Waals surface area contributed by atoms with Crippen molar-refractivity contribution in [3.63, 3.8) is 0 Å². The highest BCUT2D eigenvalue weighted by Gasteiger charge is 2.02. The van der Waals surface area contributed by atoms with Gasteiger partial charge < -0.3 is 5.11 Å². The molecule has 0 amide bonds. The zero-order valence-corrected chi connectivity index (χ0v) is 7.48. The van der Waals surface area contributed by atoms with E-state index < -0.39 is 11.7 Å². The smallest absolute Gasteiger partial charge is 0.348 e. The third-order valence-electron chi connectivity index (χ3n) is 1.13. The number of hydrogen-bond acceptors (Lipinski definition) is 3. The lowest BCUT2D eigenvalue weighted by Gasteiger charge is -1.99. The summed E-state index contributed by atoms with van der Waals surface area (Å²) >= 11 is 3.07. The van der Waals surface area contributed by atoms with Crippen molar-refractivity contribution in [2.75, 3.05) is 0 Å². The predicted molar refractivity (Wildman–Crippen MR) is 43.8 cm³/mol. The maximum Gasteiger partial charge on any atom is 0.348 e. The number of hydrogen-bond donors (Lipinski definition) is 1. The number of halogens is 1. The molecule has 5 nitrogen and oxygen atoms in total. The van der Waals surface area contributed by atoms with Gasteiger partial charge >= 0.3 is 11.7 Å². The molecular weight excluding hydrogens is 228 g/mol. The molecule has 0 aliphatic rings. The second kappa shape index (κ2) is 3.48. The zero-order chi connectivity index (χ0) is 9.14. The monoisotopic (exact) mass is 232 g/mol. The van der Waals surface area contributed by atoms with Crippen LogP contribution in [0.5, 0.6) is 0 Å². The van der Waals surface area contributed by atoms with Crippen molar-refractivity contribution < 1.29 is 9.90 Å². The maximum absolute atomic E-state index is 10.9. The van der Waals surface area contributed by atoms with Crippen molar-refractivity contribution in [1.29, 1.82) is 0 Å². The van der Waals surface area contributed by atoms with Crippen LogP contribution in [0.25, 0.3) is 0 Å². The molecule has 0 aliphatic heterocycles. The van der Waals surface area contributed by atoms with Crippen LogP contribution in [0.2, 0.25) is 0 Å². The van der Waals surface area contributed by atoms with Gasteiger partial charge in [-0.05, 0) is 15.9 Å². The lowest BCUT2D eigenvalue weighted by Crippen LogP contribution is -2.25. The van der Waals surface area contributed by atoms with E-state index in [-0.39, 0.29) is 6.54 Å². The Bertz CT molecular complexity index is 360. The number of carbonyl (C=O) groups is 1. The third-order valence-corrected chi connectivity index (χ3v) is 1.54. The van der Waals surface area contributed by atoms with Gasteiger partial charge in [-0.1, -0.05) is 0 Å². The molecule has 1 aromatic rings. The van der Waals surface area contributed by atoms with Gasteiger partial charge in [0.1, 0.15) is 6.54 Å². The van der Waals surface area contributed by atoms with Crippen molar-refractivity contribution in [2.45, 2.75) is 6.54 Å². The van der Waals surface area contributed by atoms with Crippen LogP contribution < -0.4 is 5.69 Å². The molecule has 0 bridgehead atoms. The molecule has 64 valence electrons. The summed E-state index contributed by atoms with van der Waals surface area (Å²) in [6.07, 6.45) is 2.70. The van der Waals surface area contributed by atoms with Gasteiger partial charge in [-0.2, -0.15) is 0 Å². The summed E-state index contributed by atoms with van der Waals surface area (Å²) in [6.45, 7) is -0.370. The summed E-state index contributed by atoms with van der Waals surface area (Å²) in [5, 5.41) is 8.38. The minimum Gasteiger partial charge on any atom is -0.480 e. The molecule has 0 unspecified atom stereocenters. The molecule has 0 aliphatic carbocycles. The summed E-state index contributed by atoms with van der Waals surface area (Å²) in [7, 11) is 0. The van der Waals surface area contributed by atoms with Crippen molar-refractivity contribution in [3.05, 3.63) is 27.4 Å². The Morgan fingerprint density at radius 1 is 1.75 bits per heavy atom. The van der Waals surface area contributed by atoms with Crippen molar-refractivity contribution in [3.8, 4) is 0 Å². The fourth-order valence-corrected chi connectivity index (χ4v) is 1.04. The first-order chi connectivity index (χ1) is 5.59. The molecule has 1 aromatic heterocycles. The van der Waals surface area contributed by atoms with Crippen LogP contribution in [-0.4, -0.2) is 20.6 Å². The highest BCUT2D eigenvalue weighted by atomic mass is 79.9. The van der Waals surface area contributed by atoms with Crippen LogP contribution in [0, 0.1) is 0 Å². The Hall–Kier alpha value is -1.17. The van der Waals surface area contributed by atoms with Crippen molar-refractivity contribution >= 4 is 21.9 Å². The van der Waals surface area contributed by atoms with E-state index in [4.69, 9.17) is 5.11 Å². The molecule has 1 N–H and O–H groups in total. The van der Waals surface area contributed by atoms with Gasteiger partial charge in [0.05, 0.1) is 4.47 Å². The van der Waals surface area contributed by atoms with E-state index in [0.29, 0.717) is 4.47 Å². The van der Waals surface area contributed by atoms with Crippen LogP contribution in [0.3, 0.4) is 0 Å². The standard InChI is InChI=1S/C6H5BrN2O3/c7-4-1-8-6(12)9(2-4)3-5(10)11/h1-2H,3H2,(H,10,11). The number of carboxylic acids is 1. The lowest BCUT2D eigenvalue weighted by atomic mass is 10.6. The van der Waals surface area contributed by atoms with Gasteiger partial charge in [0.15, 0.2) is 0 Å². The molecule has 0 radical (unpaired) electrons. The Kier molecular flexibility index (Phi) is 2.59. The molecule has 12 heavy (non-hydrogen) atoms. The van der Waals surface area contributed by atoms with E-state index >= 15 is 0 Å². The molecule has 1 rings (SSSR count). The van der Waals surface area contributed by atoms with Gasteiger partial charge in [0, 0.05) is 12.4 Å². The lowest BCUT2D eigenvalue weighted by molar-refractivity contribution is -0.137. The number of carboxylic acid groups (broad SMARTS) is 1. The second-order valence-corrected chi connectivity index (χ2v) is 2.99. The number of rotatable bonds is 2. The molecule has 0 saturated heterocycles. The first-order valence-electron chi connectivity index (χ1n) is 3.03. The average molecular weight is 233 g/mol. The van der Waals surface area contributed by atoms with E-state index in [0.717, 1.165) is 4.57 Å². The largest absolute Gasteiger partial charge is 0.480 e. The quantitative estimate of drug-likeness (QED) is 0.785. The number of nitrogens with zero attached hydrogens (tertiary/aromatic N) is 2. The fourth-order valence-electron chi connectivity index (χ4n) is 0.687. The van der Waals surface area contributed by atoms with E-state index in [1.54, 1.807) is 0 Å². The number of aromatic nitrogens is 2. The van der Waals surface area contributed by atoms with Gasteiger partial charge in [-0.25, -0.2) is 9.78 Å². The van der Waals surface area contributed by atoms with Crippen LogP contribution in [0.1, 0.15) is 0 Å². The highest BCUT2D eigenvalue weighted by molar-refractivity contribution is 9.10. The molecule has 0 aromatic carbocycles. The number of aliphatic carboxylic acids is 1. The van der Waals surface area contributed by atoms with Crippen LogP contribution in [0.4, 0.5) is 0 Å². The molecule has 0 fully saturated rings. The van der Waals surface area contributed by atoms with Gasteiger partial charge in [0.2, 0.25) is 0 Å². The molecule has 0 saturated carbocycles. The Labute approximate surface area is 75.8 Å². The predicted octanol–water partition coefficient (Wildman–Crippen LogP) is 0.0904. The van der Waals surface area contributed by atoms with E-state index in [1.165, 1.54) is 12.4 Å². The van der Waals surface area contributed by atoms with Crippen LogP contribution in [0.15, 0.2) is 21.7 Å². The summed E-state index contributed by atoms with van der Waals surface area (Å²) < 4.78 is 1.58. The summed E-state index contributed by atoms with van der Waals surface area (Å²) in [6, 6.07) is 0. The van der Waals surface area contributed by atoms with Gasteiger partial charge in [-0.15, -0.1) is 0 Å². The van der Waals surface area contributed by atoms with Crippen LogP contribution >= 0.6 is 15.9 Å². The third kappa shape index (κ3) is 2.16. The minimum atomic E-state index is -1.07. The second-order valence-electron chi connectivity index (χ2n) is 2.08. The van der Waals surface area contributed by atoms with Gasteiger partial charge in [-0.3, -0.25) is 9.36 Å². The highest BCUT2D eigenvalue weighted by Crippen LogP contribution is 2.02. The topological polar surface area (TPSA) is 72.2 Å². The van der Waals surface area contributed by atoms with Crippen molar-refractivity contribution in [1.82, 2.24) is 9.55 Å². The Balaban J connectivity index is 3.06. The molecule has 0 spiro atoms. The SMILES string of the molecule is O=C(O)Cn1cc(Br)cnc1=O. The van der Waals surface area contributed by atoms with Crippen molar-refractivity contribution in [2.24, 2.45) is 0 Å². The minimum absolute atomic E-state index is 0.370. The van der Waals surface area contributed by atoms with E-state index in [9.17, 15) is 9.59 Å². The molecule has 1 heterocycles. The molecule has 0 atom stereocenters. The van der Waals surface area contributed by atoms with Gasteiger partial charge in [0.25, 0.3) is 0 Å². The Morgan fingerprint density at radius 3 is 3.00 bits per heavy atom. The average Bonchev–Trinajstić information content (AvgIpc) is 1.96. The van der Waals surface area contributed by atoms with Crippen LogP contribution in [-0.2, 0) is 11.3 Å². The Morgan fingerprint density at radius 2 is 2.42 bits per heavy atom. The maximum atomic E-state index is 10.9. The first kappa shape index (κ1) is 8.92. The molecule has 6 heteroatoms. The fraction of sp³-hybridized carbons (Fsp3) is 0.167. The summed E-state index contributed by atoms with van der Waals surface area (Å²) in [4.78, 5) is 24.5. The normalized spacial score (nSPS) is 9.75. The summed E-state index contributed by atoms with van der Waals surface area (Å²) in [5.74, 6) is -1.07. The summed E-state index contributed by atoms with van der Waals surface area (Å²) in [5.41, 5.74) is -0.569.